The van der Waals surface area contributed by atoms with E-state index in [1.165, 1.54) is 24.5 Å². The van der Waals surface area contributed by atoms with Gasteiger partial charge in [-0.2, -0.15) is 0 Å². The lowest BCUT2D eigenvalue weighted by atomic mass is 10.1. The molecule has 3 rings (SSSR count). The molecule has 7 heteroatoms. The first kappa shape index (κ1) is 17.2. The molecule has 0 fully saturated rings. The summed E-state index contributed by atoms with van der Waals surface area (Å²) >= 11 is 0. The first-order valence-corrected chi connectivity index (χ1v) is 9.08. The van der Waals surface area contributed by atoms with Gasteiger partial charge in [0.05, 0.1) is 12.0 Å². The summed E-state index contributed by atoms with van der Waals surface area (Å²) in [5.41, 5.74) is 1.86. The summed E-state index contributed by atoms with van der Waals surface area (Å²) in [5, 5.41) is 3.04. The molecule has 2 N–H and O–H groups in total. The van der Waals surface area contributed by atoms with Crippen molar-refractivity contribution >= 4 is 15.7 Å². The molecule has 0 bridgehead atoms. The smallest absolute Gasteiger partial charge is 0.264 e. The Hall–Kier alpha value is -2.64. The highest BCUT2D eigenvalue weighted by atomic mass is 32.2. The third kappa shape index (κ3) is 3.72. The van der Waals surface area contributed by atoms with Gasteiger partial charge in [0.15, 0.2) is 0 Å². The Morgan fingerprint density at radius 2 is 1.88 bits per heavy atom. The highest BCUT2D eigenvalue weighted by Crippen LogP contribution is 2.31. The Labute approximate surface area is 145 Å². The number of halogens is 1. The fraction of sp³-hybridized carbons (Fsp3) is 0.111. The topological polar surface area (TPSA) is 71.3 Å². The Morgan fingerprint density at radius 1 is 1.08 bits per heavy atom. The highest BCUT2D eigenvalue weighted by molar-refractivity contribution is 7.92. The first-order valence-electron chi connectivity index (χ1n) is 7.60. The Morgan fingerprint density at radius 3 is 2.56 bits per heavy atom. The van der Waals surface area contributed by atoms with Crippen molar-refractivity contribution < 1.29 is 17.2 Å². The second kappa shape index (κ2) is 7.08. The fourth-order valence-electron chi connectivity index (χ4n) is 2.49. The molecular formula is C18H17FN2O3S. The van der Waals surface area contributed by atoms with E-state index in [0.717, 1.165) is 11.6 Å². The van der Waals surface area contributed by atoms with E-state index in [1.54, 1.807) is 24.3 Å². The lowest BCUT2D eigenvalue weighted by Crippen LogP contribution is -2.15. The van der Waals surface area contributed by atoms with Gasteiger partial charge in [-0.05, 0) is 49.0 Å². The van der Waals surface area contributed by atoms with Crippen LogP contribution in [0.15, 0.2) is 70.2 Å². The van der Waals surface area contributed by atoms with E-state index in [4.69, 9.17) is 4.42 Å². The van der Waals surface area contributed by atoms with Gasteiger partial charge in [0.2, 0.25) is 0 Å². The number of sulfonamides is 1. The van der Waals surface area contributed by atoms with Crippen LogP contribution in [0.2, 0.25) is 0 Å². The van der Waals surface area contributed by atoms with Crippen LogP contribution in [0.1, 0.15) is 5.56 Å². The third-order valence-electron chi connectivity index (χ3n) is 3.62. The van der Waals surface area contributed by atoms with Gasteiger partial charge in [0, 0.05) is 12.1 Å². The first-order chi connectivity index (χ1) is 12.0. The average Bonchev–Trinajstić information content (AvgIpc) is 3.11. The van der Waals surface area contributed by atoms with Crippen molar-refractivity contribution in [2.45, 2.75) is 11.4 Å². The minimum Gasteiger partial charge on any atom is -0.464 e. The molecule has 130 valence electrons. The van der Waals surface area contributed by atoms with Crippen molar-refractivity contribution in [3.63, 3.8) is 0 Å². The van der Waals surface area contributed by atoms with Crippen LogP contribution in [0.5, 0.6) is 0 Å². The number of furan rings is 1. The van der Waals surface area contributed by atoms with Gasteiger partial charge in [-0.1, -0.05) is 18.2 Å². The van der Waals surface area contributed by atoms with Crippen molar-refractivity contribution in [2.24, 2.45) is 0 Å². The molecule has 3 aromatic rings. The van der Waals surface area contributed by atoms with Gasteiger partial charge in [-0.15, -0.1) is 0 Å². The predicted molar refractivity (Wildman–Crippen MR) is 94.1 cm³/mol. The van der Waals surface area contributed by atoms with Gasteiger partial charge in [0.25, 0.3) is 10.0 Å². The normalized spacial score (nSPS) is 11.4. The molecule has 0 amide bonds. The van der Waals surface area contributed by atoms with Crippen molar-refractivity contribution in [2.75, 3.05) is 11.8 Å². The maximum atomic E-state index is 13.9. The number of rotatable bonds is 6. The summed E-state index contributed by atoms with van der Waals surface area (Å²) in [6.07, 6.45) is 1.51. The van der Waals surface area contributed by atoms with Crippen molar-refractivity contribution in [3.05, 3.63) is 72.2 Å². The van der Waals surface area contributed by atoms with Crippen LogP contribution in [0.4, 0.5) is 10.1 Å². The Kier molecular flexibility index (Phi) is 4.87. The van der Waals surface area contributed by atoms with Gasteiger partial charge in [0.1, 0.15) is 16.5 Å². The van der Waals surface area contributed by atoms with Crippen molar-refractivity contribution in [3.8, 4) is 11.3 Å². The largest absolute Gasteiger partial charge is 0.464 e. The molecule has 0 spiro atoms. The molecule has 0 saturated carbocycles. The monoisotopic (exact) mass is 360 g/mol. The van der Waals surface area contributed by atoms with E-state index >= 15 is 0 Å². The van der Waals surface area contributed by atoms with Crippen LogP contribution in [0.25, 0.3) is 11.3 Å². The molecular weight excluding hydrogens is 343 g/mol. The van der Waals surface area contributed by atoms with E-state index in [9.17, 15) is 12.8 Å². The molecule has 5 nitrogen and oxygen atoms in total. The summed E-state index contributed by atoms with van der Waals surface area (Å²) in [7, 11) is -2.24. The summed E-state index contributed by atoms with van der Waals surface area (Å²) in [5.74, 6) is -0.287. The second-order valence-corrected chi connectivity index (χ2v) is 7.07. The number of hydrogen-bond acceptors (Lipinski definition) is 4. The van der Waals surface area contributed by atoms with Crippen molar-refractivity contribution in [1.29, 1.82) is 0 Å². The van der Waals surface area contributed by atoms with Gasteiger partial charge in [-0.25, -0.2) is 12.8 Å². The van der Waals surface area contributed by atoms with Gasteiger partial charge < -0.3 is 9.73 Å². The molecule has 0 atom stereocenters. The number of hydrogen-bond donors (Lipinski definition) is 2. The summed E-state index contributed by atoms with van der Waals surface area (Å²) in [6.45, 7) is 0.619. The van der Waals surface area contributed by atoms with Crippen LogP contribution >= 0.6 is 0 Å². The molecule has 0 radical (unpaired) electrons. The summed E-state index contributed by atoms with van der Waals surface area (Å²) in [4.78, 5) is -0.403. The number of anilines is 1. The third-order valence-corrected chi connectivity index (χ3v) is 5.02. The molecule has 0 aliphatic heterocycles. The van der Waals surface area contributed by atoms with E-state index in [1.807, 2.05) is 13.1 Å². The molecule has 25 heavy (non-hydrogen) atoms. The summed E-state index contributed by atoms with van der Waals surface area (Å²) < 4.78 is 46.9. The maximum Gasteiger partial charge on any atom is 0.264 e. The lowest BCUT2D eigenvalue weighted by molar-refractivity contribution is 0.570. The second-order valence-electron chi connectivity index (χ2n) is 5.42. The van der Waals surface area contributed by atoms with Gasteiger partial charge >= 0.3 is 0 Å². The predicted octanol–water partition coefficient (Wildman–Crippen LogP) is 3.61. The zero-order valence-corrected chi connectivity index (χ0v) is 14.3. The SMILES string of the molecule is CNCc1ccc(NS(=O)(=O)c2ccccc2F)c(-c2ccco2)c1. The zero-order chi connectivity index (χ0) is 17.9. The fourth-order valence-corrected chi connectivity index (χ4v) is 3.65. The molecule has 0 aliphatic carbocycles. The van der Waals surface area contributed by atoms with E-state index in [2.05, 4.69) is 10.0 Å². The molecule has 1 heterocycles. The Balaban J connectivity index is 2.04. The highest BCUT2D eigenvalue weighted by Gasteiger charge is 2.21. The maximum absolute atomic E-state index is 13.9. The number of nitrogens with one attached hydrogen (secondary N) is 2. The molecule has 0 aliphatic rings. The Bertz CT molecular complexity index is 970. The zero-order valence-electron chi connectivity index (χ0n) is 13.5. The lowest BCUT2D eigenvalue weighted by Gasteiger charge is -2.13. The summed E-state index contributed by atoms with van der Waals surface area (Å²) in [6, 6.07) is 14.0. The van der Waals surface area contributed by atoms with Crippen LogP contribution in [-0.4, -0.2) is 15.5 Å². The van der Waals surface area contributed by atoms with Crippen LogP contribution in [0, 0.1) is 5.82 Å². The molecule has 2 aromatic carbocycles. The van der Waals surface area contributed by atoms with E-state index in [0.29, 0.717) is 23.6 Å². The number of benzene rings is 2. The van der Waals surface area contributed by atoms with Crippen LogP contribution in [-0.2, 0) is 16.6 Å². The van der Waals surface area contributed by atoms with Crippen LogP contribution < -0.4 is 10.0 Å². The van der Waals surface area contributed by atoms with Gasteiger partial charge in [-0.3, -0.25) is 4.72 Å². The van der Waals surface area contributed by atoms with Crippen molar-refractivity contribution in [1.82, 2.24) is 5.32 Å². The van der Waals surface area contributed by atoms with E-state index < -0.39 is 20.7 Å². The molecule has 0 unspecified atom stereocenters. The minimum atomic E-state index is -4.07. The average molecular weight is 360 g/mol. The molecule has 0 saturated heterocycles. The standard InChI is InChI=1S/C18H17FN2O3S/c1-20-12-13-8-9-16(14(11-13)17-6-4-10-24-17)21-25(22,23)18-7-3-2-5-15(18)19/h2-11,20-21H,12H2,1H3. The molecule has 1 aromatic heterocycles. The minimum absolute atomic E-state index is 0.318. The quantitative estimate of drug-likeness (QED) is 0.704. The van der Waals surface area contributed by atoms with E-state index in [-0.39, 0.29) is 0 Å². The van der Waals surface area contributed by atoms with Crippen LogP contribution in [0.3, 0.4) is 0 Å².